The number of hydrogen-bond donors (Lipinski definition) is 1. The molecule has 7 heteroatoms. The van der Waals surface area contributed by atoms with Crippen LogP contribution in [0.1, 0.15) is 53.0 Å². The monoisotopic (exact) mass is 484 g/mol. The second kappa shape index (κ2) is 13.6. The van der Waals surface area contributed by atoms with Crippen molar-refractivity contribution in [2.75, 3.05) is 23.3 Å². The van der Waals surface area contributed by atoms with Gasteiger partial charge in [-0.25, -0.2) is 13.8 Å². The highest BCUT2D eigenvalue weighted by molar-refractivity contribution is 5.76. The summed E-state index contributed by atoms with van der Waals surface area (Å²) in [6, 6.07) is 7.21. The normalized spacial score (nSPS) is 12.1. The van der Waals surface area contributed by atoms with Gasteiger partial charge in [0.1, 0.15) is 11.6 Å². The maximum absolute atomic E-state index is 14.2. The van der Waals surface area contributed by atoms with Gasteiger partial charge in [-0.3, -0.25) is 4.79 Å². The van der Waals surface area contributed by atoms with Crippen LogP contribution < -0.4 is 10.2 Å². The van der Waals surface area contributed by atoms with Crippen LogP contribution >= 0.6 is 0 Å². The molecule has 1 atom stereocenters. The minimum absolute atomic E-state index is 0.0777. The number of benzene rings is 1. The van der Waals surface area contributed by atoms with Gasteiger partial charge < -0.3 is 15.1 Å². The smallest absolute Gasteiger partial charge is 0.222 e. The minimum atomic E-state index is -0.655. The molecule has 0 aliphatic carbocycles. The number of nitrogens with one attached hydrogen (secondary N) is 1. The Bertz CT molecular complexity index is 1020. The molecule has 0 bridgehead atoms. The SMILES string of the molecule is C=C(C(C)C)N(/C=C\C(C)CC)c1ncccc1NCCN(Cc1ccc(F)cc1F)C(=O)CC. The lowest BCUT2D eigenvalue weighted by molar-refractivity contribution is -0.131. The molecule has 1 aromatic heterocycles. The highest BCUT2D eigenvalue weighted by Gasteiger charge is 2.18. The molecule has 0 saturated heterocycles. The molecule has 1 aromatic carbocycles. The number of nitrogens with zero attached hydrogens (tertiary/aromatic N) is 3. The van der Waals surface area contributed by atoms with Gasteiger partial charge in [-0.1, -0.05) is 59.8 Å². The van der Waals surface area contributed by atoms with Crippen LogP contribution in [0.2, 0.25) is 0 Å². The highest BCUT2D eigenvalue weighted by Crippen LogP contribution is 2.29. The first-order valence-corrected chi connectivity index (χ1v) is 12.2. The number of pyridine rings is 1. The second-order valence-corrected chi connectivity index (χ2v) is 8.95. The minimum Gasteiger partial charge on any atom is -0.380 e. The van der Waals surface area contributed by atoms with Crippen LogP contribution in [0.25, 0.3) is 0 Å². The molecular formula is C28H38F2N4O. The van der Waals surface area contributed by atoms with E-state index in [0.29, 0.717) is 25.4 Å². The van der Waals surface area contributed by atoms with Crippen LogP contribution in [-0.2, 0) is 11.3 Å². The molecule has 2 rings (SSSR count). The van der Waals surface area contributed by atoms with Gasteiger partial charge in [-0.05, 0) is 30.0 Å². The molecule has 0 fully saturated rings. The van der Waals surface area contributed by atoms with E-state index in [2.05, 4.69) is 50.7 Å². The van der Waals surface area contributed by atoms with Crippen molar-refractivity contribution >= 4 is 17.4 Å². The fourth-order valence-electron chi connectivity index (χ4n) is 3.37. The molecular weight excluding hydrogens is 446 g/mol. The van der Waals surface area contributed by atoms with Crippen molar-refractivity contribution in [2.24, 2.45) is 11.8 Å². The second-order valence-electron chi connectivity index (χ2n) is 8.95. The van der Waals surface area contributed by atoms with E-state index in [4.69, 9.17) is 0 Å². The molecule has 1 unspecified atom stereocenters. The standard InChI is InChI=1S/C28H38F2N4O/c1-7-21(5)13-16-34(22(6)20(3)4)28-26(10-9-14-32-28)31-15-17-33(27(35)8-2)19-23-11-12-24(29)18-25(23)30/h9-14,16,18,20-21,31H,6-8,15,17,19H2,1-5H3/b16-13-. The number of allylic oxidation sites excluding steroid dienone is 2. The summed E-state index contributed by atoms with van der Waals surface area (Å²) in [6.07, 6.45) is 7.23. The average molecular weight is 485 g/mol. The van der Waals surface area contributed by atoms with Crippen LogP contribution in [0, 0.1) is 23.5 Å². The van der Waals surface area contributed by atoms with Crippen molar-refractivity contribution in [3.05, 3.63) is 78.3 Å². The summed E-state index contributed by atoms with van der Waals surface area (Å²) in [5.74, 6) is -0.0395. The van der Waals surface area contributed by atoms with Crippen LogP contribution in [0.15, 0.2) is 61.1 Å². The maximum atomic E-state index is 14.2. The first kappa shape index (κ1) is 28.0. The van der Waals surface area contributed by atoms with Crippen LogP contribution in [0.4, 0.5) is 20.3 Å². The van der Waals surface area contributed by atoms with E-state index in [-0.39, 0.29) is 23.9 Å². The Hall–Kier alpha value is -3.22. The Balaban J connectivity index is 2.20. The zero-order chi connectivity index (χ0) is 26.0. The lowest BCUT2D eigenvalue weighted by Crippen LogP contribution is -2.34. The van der Waals surface area contributed by atoms with Gasteiger partial charge in [0, 0.05) is 55.8 Å². The van der Waals surface area contributed by atoms with Crippen LogP contribution in [0.5, 0.6) is 0 Å². The Morgan fingerprint density at radius 2 is 1.94 bits per heavy atom. The van der Waals surface area contributed by atoms with Crippen molar-refractivity contribution in [3.8, 4) is 0 Å². The van der Waals surface area contributed by atoms with E-state index in [1.165, 1.54) is 12.1 Å². The Labute approximate surface area is 208 Å². The summed E-state index contributed by atoms with van der Waals surface area (Å²) in [4.78, 5) is 20.7. The molecule has 190 valence electrons. The molecule has 0 saturated carbocycles. The van der Waals surface area contributed by atoms with E-state index < -0.39 is 11.6 Å². The number of carbonyl (C=O) groups is 1. The average Bonchev–Trinajstić information content (AvgIpc) is 2.84. The summed E-state index contributed by atoms with van der Waals surface area (Å²) >= 11 is 0. The fraction of sp³-hybridized carbons (Fsp3) is 0.429. The number of anilines is 2. The van der Waals surface area contributed by atoms with Gasteiger partial charge >= 0.3 is 0 Å². The van der Waals surface area contributed by atoms with E-state index in [9.17, 15) is 13.6 Å². The number of hydrogen-bond acceptors (Lipinski definition) is 4. The topological polar surface area (TPSA) is 48.5 Å². The van der Waals surface area contributed by atoms with Crippen LogP contribution in [0.3, 0.4) is 0 Å². The van der Waals surface area contributed by atoms with Gasteiger partial charge in [-0.15, -0.1) is 0 Å². The third kappa shape index (κ3) is 8.19. The first-order valence-electron chi connectivity index (χ1n) is 12.2. The lowest BCUT2D eigenvalue weighted by atomic mass is 10.1. The van der Waals surface area contributed by atoms with Crippen LogP contribution in [-0.4, -0.2) is 28.9 Å². The number of halogens is 2. The zero-order valence-electron chi connectivity index (χ0n) is 21.5. The largest absolute Gasteiger partial charge is 0.380 e. The third-order valence-corrected chi connectivity index (χ3v) is 5.93. The summed E-state index contributed by atoms with van der Waals surface area (Å²) in [5.41, 5.74) is 2.01. The number of aromatic nitrogens is 1. The molecule has 5 nitrogen and oxygen atoms in total. The molecule has 0 aliphatic heterocycles. The zero-order valence-corrected chi connectivity index (χ0v) is 21.5. The van der Waals surface area contributed by atoms with Crippen molar-refractivity contribution in [1.29, 1.82) is 0 Å². The summed E-state index contributed by atoms with van der Waals surface area (Å²) in [6.45, 7) is 15.4. The van der Waals surface area contributed by atoms with Gasteiger partial charge in [0.25, 0.3) is 0 Å². The Morgan fingerprint density at radius 1 is 1.20 bits per heavy atom. The molecule has 2 aromatic rings. The molecule has 35 heavy (non-hydrogen) atoms. The molecule has 1 amide bonds. The molecule has 1 heterocycles. The predicted octanol–water partition coefficient (Wildman–Crippen LogP) is 6.75. The van der Waals surface area contributed by atoms with E-state index in [1.54, 1.807) is 18.0 Å². The Morgan fingerprint density at radius 3 is 2.57 bits per heavy atom. The van der Waals surface area contributed by atoms with Gasteiger partial charge in [0.05, 0.1) is 5.69 Å². The molecule has 0 spiro atoms. The fourth-order valence-corrected chi connectivity index (χ4v) is 3.37. The van der Waals surface area contributed by atoms with E-state index >= 15 is 0 Å². The molecule has 1 N–H and O–H groups in total. The first-order chi connectivity index (χ1) is 16.7. The maximum Gasteiger partial charge on any atom is 0.222 e. The van der Waals surface area contributed by atoms with Gasteiger partial charge in [0.2, 0.25) is 5.91 Å². The summed E-state index contributed by atoms with van der Waals surface area (Å²) in [5, 5.41) is 3.38. The third-order valence-electron chi connectivity index (χ3n) is 5.93. The number of amides is 1. The molecule has 0 aliphatic rings. The van der Waals surface area contributed by atoms with Crippen molar-refractivity contribution < 1.29 is 13.6 Å². The lowest BCUT2D eigenvalue weighted by Gasteiger charge is -2.28. The van der Waals surface area contributed by atoms with Crippen molar-refractivity contribution in [3.63, 3.8) is 0 Å². The van der Waals surface area contributed by atoms with Gasteiger partial charge in [-0.2, -0.15) is 0 Å². The van der Waals surface area contributed by atoms with Crippen molar-refractivity contribution in [2.45, 2.75) is 54.0 Å². The molecule has 0 radical (unpaired) electrons. The Kier molecular flexibility index (Phi) is 10.9. The highest BCUT2D eigenvalue weighted by atomic mass is 19.1. The summed E-state index contributed by atoms with van der Waals surface area (Å²) in [7, 11) is 0. The van der Waals surface area contributed by atoms with E-state index in [1.807, 2.05) is 23.2 Å². The number of carbonyl (C=O) groups excluding carboxylic acids is 1. The quantitative estimate of drug-likeness (QED) is 0.342. The number of rotatable bonds is 13. The van der Waals surface area contributed by atoms with Crippen molar-refractivity contribution in [1.82, 2.24) is 9.88 Å². The summed E-state index contributed by atoms with van der Waals surface area (Å²) < 4.78 is 27.5. The van der Waals surface area contributed by atoms with E-state index in [0.717, 1.165) is 29.7 Å². The predicted molar refractivity (Wildman–Crippen MR) is 140 cm³/mol. The van der Waals surface area contributed by atoms with Gasteiger partial charge in [0.15, 0.2) is 5.82 Å².